The Morgan fingerprint density at radius 2 is 1.90 bits per heavy atom. The molecule has 0 atom stereocenters. The van der Waals surface area contributed by atoms with E-state index in [4.69, 9.17) is 0 Å². The van der Waals surface area contributed by atoms with Gasteiger partial charge in [-0.3, -0.25) is 0 Å². The van der Waals surface area contributed by atoms with Gasteiger partial charge in [0, 0.05) is 8.80 Å². The second-order valence-corrected chi connectivity index (χ2v) is 7.06. The molecule has 0 unspecified atom stereocenters. The second-order valence-electron chi connectivity index (χ2n) is 3.71. The van der Waals surface area contributed by atoms with Crippen LogP contribution in [0.1, 0.15) is 26.7 Å². The van der Waals surface area contributed by atoms with Crippen molar-refractivity contribution in [3.8, 4) is 0 Å². The summed E-state index contributed by atoms with van der Waals surface area (Å²) >= 11 is 0. The summed E-state index contributed by atoms with van der Waals surface area (Å²) in [6.45, 7) is 13.2. The fourth-order valence-corrected chi connectivity index (χ4v) is 1.36. The van der Waals surface area contributed by atoms with Crippen LogP contribution in [0, 0.1) is 0 Å². The Kier molecular flexibility index (Phi) is 3.95. The van der Waals surface area contributed by atoms with Gasteiger partial charge >= 0.3 is 0 Å². The Bertz CT molecular complexity index is 103. The highest BCUT2D eigenvalue weighted by Crippen LogP contribution is 2.33. The topological polar surface area (TPSA) is 0 Å². The smallest absolute Gasteiger partial charge is 0.0473 e. The molecule has 0 aromatic carbocycles. The van der Waals surface area contributed by atoms with Crippen molar-refractivity contribution in [2.45, 2.75) is 44.8 Å². The zero-order chi connectivity index (χ0) is 8.20. The van der Waals surface area contributed by atoms with E-state index in [0.29, 0.717) is 5.04 Å². The molecule has 10 heavy (non-hydrogen) atoms. The van der Waals surface area contributed by atoms with Crippen LogP contribution in [-0.2, 0) is 0 Å². The highest BCUT2D eigenvalue weighted by molar-refractivity contribution is 6.59. The van der Waals surface area contributed by atoms with E-state index >= 15 is 0 Å². The molecule has 0 rings (SSSR count). The molecule has 0 bridgehead atoms. The van der Waals surface area contributed by atoms with Crippen LogP contribution in [-0.4, -0.2) is 8.80 Å². The number of allylic oxidation sites excluding steroid dienone is 1. The van der Waals surface area contributed by atoms with E-state index in [2.05, 4.69) is 33.5 Å². The normalized spacial score (nSPS) is 12.1. The molecule has 0 aliphatic rings. The Morgan fingerprint density at radius 1 is 1.40 bits per heavy atom. The van der Waals surface area contributed by atoms with Crippen molar-refractivity contribution in [2.24, 2.45) is 0 Å². The van der Waals surface area contributed by atoms with Gasteiger partial charge in [0.1, 0.15) is 0 Å². The minimum absolute atomic E-state index is 0.131. The van der Waals surface area contributed by atoms with Gasteiger partial charge in [-0.1, -0.05) is 33.0 Å². The molecule has 59 valence electrons. The third kappa shape index (κ3) is 3.21. The van der Waals surface area contributed by atoms with E-state index in [0.717, 1.165) is 0 Å². The highest BCUT2D eigenvalue weighted by atomic mass is 28.3. The van der Waals surface area contributed by atoms with Gasteiger partial charge in [-0.05, 0) is 17.9 Å². The van der Waals surface area contributed by atoms with Gasteiger partial charge < -0.3 is 0 Å². The highest BCUT2D eigenvalue weighted by Gasteiger charge is 2.21. The van der Waals surface area contributed by atoms with Crippen LogP contribution in [0.3, 0.4) is 0 Å². The first-order chi connectivity index (χ1) is 4.50. The Hall–Kier alpha value is -0.0431. The Balaban J connectivity index is 3.74. The predicted octanol–water partition coefficient (Wildman–Crippen LogP) is 3.49. The Labute approximate surface area is 66.9 Å². The minimum atomic E-state index is -0.131. The van der Waals surface area contributed by atoms with Gasteiger partial charge in [0.05, 0.1) is 0 Å². The molecule has 0 saturated heterocycles. The fourth-order valence-electron chi connectivity index (χ4n) is 0.713. The van der Waals surface area contributed by atoms with E-state index in [1.165, 1.54) is 12.8 Å². The summed E-state index contributed by atoms with van der Waals surface area (Å²) in [6, 6.07) is 0. The standard InChI is InChI=1S/C9H19Si/c1-6-7-8-9(2,3)10(4)5/h6H,1,7-8H2,2-5H3. The lowest BCUT2D eigenvalue weighted by Gasteiger charge is -2.27. The number of hydrogen-bond donors (Lipinski definition) is 0. The van der Waals surface area contributed by atoms with E-state index in [-0.39, 0.29) is 8.80 Å². The first-order valence-corrected chi connectivity index (χ1v) is 6.42. The van der Waals surface area contributed by atoms with E-state index in [1.54, 1.807) is 0 Å². The largest absolute Gasteiger partial charge is 0.103 e. The first kappa shape index (κ1) is 9.96. The number of rotatable bonds is 4. The monoisotopic (exact) mass is 155 g/mol. The summed E-state index contributed by atoms with van der Waals surface area (Å²) < 4.78 is 0. The summed E-state index contributed by atoms with van der Waals surface area (Å²) in [5, 5.41) is 0.582. The van der Waals surface area contributed by atoms with E-state index in [1.807, 2.05) is 6.08 Å². The van der Waals surface area contributed by atoms with Crippen molar-refractivity contribution in [1.29, 1.82) is 0 Å². The maximum atomic E-state index is 3.73. The zero-order valence-electron chi connectivity index (χ0n) is 7.70. The summed E-state index contributed by atoms with van der Waals surface area (Å²) in [7, 11) is -0.131. The van der Waals surface area contributed by atoms with Crippen molar-refractivity contribution in [3.05, 3.63) is 12.7 Å². The Morgan fingerprint density at radius 3 is 2.20 bits per heavy atom. The van der Waals surface area contributed by atoms with E-state index < -0.39 is 0 Å². The quantitative estimate of drug-likeness (QED) is 0.430. The molecule has 1 heteroatoms. The van der Waals surface area contributed by atoms with Crippen molar-refractivity contribution < 1.29 is 0 Å². The molecule has 0 N–H and O–H groups in total. The van der Waals surface area contributed by atoms with Gasteiger partial charge in [-0.15, -0.1) is 6.58 Å². The molecule has 0 nitrogen and oxygen atoms in total. The van der Waals surface area contributed by atoms with Crippen LogP contribution in [0.15, 0.2) is 12.7 Å². The fraction of sp³-hybridized carbons (Fsp3) is 0.778. The lowest BCUT2D eigenvalue weighted by molar-refractivity contribution is 0.603. The summed E-state index contributed by atoms with van der Waals surface area (Å²) in [6.07, 6.45) is 4.49. The molecule has 0 amide bonds. The molecule has 0 saturated carbocycles. The zero-order valence-corrected chi connectivity index (χ0v) is 8.70. The van der Waals surface area contributed by atoms with Crippen LogP contribution in [0.2, 0.25) is 18.1 Å². The molecule has 0 aliphatic carbocycles. The van der Waals surface area contributed by atoms with Crippen LogP contribution in [0.25, 0.3) is 0 Å². The minimum Gasteiger partial charge on any atom is -0.103 e. The average Bonchev–Trinajstić information content (AvgIpc) is 1.84. The molecule has 0 aromatic heterocycles. The van der Waals surface area contributed by atoms with Crippen molar-refractivity contribution in [3.63, 3.8) is 0 Å². The maximum absolute atomic E-state index is 3.73. The van der Waals surface area contributed by atoms with Gasteiger partial charge in [0.25, 0.3) is 0 Å². The van der Waals surface area contributed by atoms with Gasteiger partial charge in [0.15, 0.2) is 0 Å². The molecular formula is C9H19Si. The van der Waals surface area contributed by atoms with Crippen LogP contribution in [0.5, 0.6) is 0 Å². The summed E-state index contributed by atoms with van der Waals surface area (Å²) in [4.78, 5) is 0. The van der Waals surface area contributed by atoms with Crippen molar-refractivity contribution in [2.75, 3.05) is 0 Å². The molecule has 0 aromatic rings. The lowest BCUT2D eigenvalue weighted by Crippen LogP contribution is -2.20. The van der Waals surface area contributed by atoms with Crippen LogP contribution < -0.4 is 0 Å². The van der Waals surface area contributed by atoms with Gasteiger partial charge in [-0.25, -0.2) is 0 Å². The molecule has 0 heterocycles. The van der Waals surface area contributed by atoms with Crippen LogP contribution >= 0.6 is 0 Å². The van der Waals surface area contributed by atoms with Gasteiger partial charge in [0.2, 0.25) is 0 Å². The SMILES string of the molecule is C=CCCC(C)(C)[Si](C)C. The molecule has 0 spiro atoms. The number of hydrogen-bond acceptors (Lipinski definition) is 0. The summed E-state index contributed by atoms with van der Waals surface area (Å²) in [5.41, 5.74) is 0. The first-order valence-electron chi connectivity index (χ1n) is 3.92. The van der Waals surface area contributed by atoms with Gasteiger partial charge in [-0.2, -0.15) is 0 Å². The molecular weight excluding hydrogens is 136 g/mol. The second kappa shape index (κ2) is 3.97. The van der Waals surface area contributed by atoms with E-state index in [9.17, 15) is 0 Å². The third-order valence-electron chi connectivity index (χ3n) is 2.33. The molecule has 1 radical (unpaired) electrons. The average molecular weight is 155 g/mol. The van der Waals surface area contributed by atoms with Crippen molar-refractivity contribution in [1.82, 2.24) is 0 Å². The van der Waals surface area contributed by atoms with Crippen LogP contribution in [0.4, 0.5) is 0 Å². The maximum Gasteiger partial charge on any atom is 0.0473 e. The molecule has 0 aliphatic heterocycles. The lowest BCUT2D eigenvalue weighted by atomic mass is 10.1. The van der Waals surface area contributed by atoms with Crippen molar-refractivity contribution >= 4 is 8.80 Å². The predicted molar refractivity (Wildman–Crippen MR) is 51.0 cm³/mol. The molecule has 0 fully saturated rings. The third-order valence-corrected chi connectivity index (χ3v) is 5.28. The summed E-state index contributed by atoms with van der Waals surface area (Å²) in [5.74, 6) is 0.